The van der Waals surface area contributed by atoms with Crippen molar-refractivity contribution in [3.63, 3.8) is 0 Å². The van der Waals surface area contributed by atoms with Crippen LogP contribution in [-0.2, 0) is 0 Å². The molecule has 0 fully saturated rings. The molecule has 0 amide bonds. The zero-order chi connectivity index (χ0) is 14.0. The molecule has 3 heteroatoms. The van der Waals surface area contributed by atoms with E-state index >= 15 is 0 Å². The van der Waals surface area contributed by atoms with Crippen molar-refractivity contribution in [3.05, 3.63) is 35.9 Å². The molecule has 1 aromatic carbocycles. The molecule has 0 aliphatic heterocycles. The Balaban J connectivity index is 2.54. The Kier molecular flexibility index (Phi) is 3.71. The summed E-state index contributed by atoms with van der Waals surface area (Å²) in [6.07, 6.45) is 0. The Morgan fingerprint density at radius 3 is 2.53 bits per heavy atom. The van der Waals surface area contributed by atoms with E-state index in [-0.39, 0.29) is 0 Å². The van der Waals surface area contributed by atoms with Gasteiger partial charge < -0.3 is 4.90 Å². The molecule has 2 aromatic rings. The maximum Gasteiger partial charge on any atom is 0.130 e. The van der Waals surface area contributed by atoms with Crippen molar-refractivity contribution >= 4 is 16.7 Å². The Bertz CT molecular complexity index is 625. The first-order valence-corrected chi connectivity index (χ1v) is 6.57. The number of pyridine rings is 1. The first-order valence-electron chi connectivity index (χ1n) is 6.57. The van der Waals surface area contributed by atoms with Crippen LogP contribution in [0.15, 0.2) is 30.3 Å². The first kappa shape index (κ1) is 13.4. The number of hydrogen-bond acceptors (Lipinski definition) is 3. The van der Waals surface area contributed by atoms with E-state index in [1.165, 1.54) is 0 Å². The number of aromatic nitrogens is 1. The molecule has 2 rings (SSSR count). The fourth-order valence-corrected chi connectivity index (χ4v) is 2.09. The lowest BCUT2D eigenvalue weighted by atomic mass is 10.0. The molecule has 0 radical (unpaired) electrons. The van der Waals surface area contributed by atoms with E-state index in [0.717, 1.165) is 16.7 Å². The van der Waals surface area contributed by atoms with Gasteiger partial charge in [-0.05, 0) is 25.0 Å². The summed E-state index contributed by atoms with van der Waals surface area (Å²) in [5.41, 5.74) is 1.56. The molecule has 0 saturated carbocycles. The van der Waals surface area contributed by atoms with E-state index in [4.69, 9.17) is 0 Å². The molecule has 0 aliphatic rings. The van der Waals surface area contributed by atoms with Crippen LogP contribution in [0.1, 0.15) is 26.3 Å². The van der Waals surface area contributed by atoms with Crippen LogP contribution in [0.25, 0.3) is 10.9 Å². The van der Waals surface area contributed by atoms with Gasteiger partial charge in [-0.3, -0.25) is 0 Å². The van der Waals surface area contributed by atoms with Gasteiger partial charge in [0.25, 0.3) is 0 Å². The van der Waals surface area contributed by atoms with Crippen LogP contribution in [0.4, 0.5) is 5.82 Å². The zero-order valence-corrected chi connectivity index (χ0v) is 11.9. The number of para-hydroxylation sites is 1. The molecule has 0 bridgehead atoms. The predicted octanol–water partition coefficient (Wildman–Crippen LogP) is 3.59. The molecule has 3 nitrogen and oxygen atoms in total. The van der Waals surface area contributed by atoms with Gasteiger partial charge in [0.1, 0.15) is 5.82 Å². The van der Waals surface area contributed by atoms with Gasteiger partial charge in [0.15, 0.2) is 0 Å². The lowest BCUT2D eigenvalue weighted by Crippen LogP contribution is -2.33. The molecule has 0 aliphatic carbocycles. The Hall–Kier alpha value is -2.08. The third-order valence-corrected chi connectivity index (χ3v) is 3.76. The lowest BCUT2D eigenvalue weighted by molar-refractivity contribution is 0.503. The van der Waals surface area contributed by atoms with E-state index in [1.807, 2.05) is 37.4 Å². The Morgan fingerprint density at radius 2 is 1.89 bits per heavy atom. The van der Waals surface area contributed by atoms with Gasteiger partial charge in [-0.2, -0.15) is 5.26 Å². The third-order valence-electron chi connectivity index (χ3n) is 3.76. The highest BCUT2D eigenvalue weighted by atomic mass is 15.2. The fourth-order valence-electron chi connectivity index (χ4n) is 2.09. The predicted molar refractivity (Wildman–Crippen MR) is 79.2 cm³/mol. The van der Waals surface area contributed by atoms with Crippen LogP contribution < -0.4 is 4.90 Å². The molecule has 1 aromatic heterocycles. The van der Waals surface area contributed by atoms with Crippen molar-refractivity contribution < 1.29 is 0 Å². The average molecular weight is 253 g/mol. The molecule has 98 valence electrons. The van der Waals surface area contributed by atoms with Crippen molar-refractivity contribution in [2.45, 2.75) is 26.8 Å². The van der Waals surface area contributed by atoms with Gasteiger partial charge in [-0.1, -0.05) is 32.0 Å². The maximum absolute atomic E-state index is 9.29. The first-order chi connectivity index (χ1) is 9.04. The summed E-state index contributed by atoms with van der Waals surface area (Å²) in [5, 5.41) is 10.2. The van der Waals surface area contributed by atoms with Crippen LogP contribution in [0, 0.1) is 17.2 Å². The monoisotopic (exact) mass is 253 g/mol. The summed E-state index contributed by atoms with van der Waals surface area (Å²) in [7, 11) is 2.03. The van der Waals surface area contributed by atoms with Gasteiger partial charge in [0.05, 0.1) is 17.1 Å². The summed E-state index contributed by atoms with van der Waals surface area (Å²) < 4.78 is 0. The highest BCUT2D eigenvalue weighted by Gasteiger charge is 2.16. The van der Waals surface area contributed by atoms with Crippen LogP contribution in [0.5, 0.6) is 0 Å². The maximum atomic E-state index is 9.29. The largest absolute Gasteiger partial charge is 0.357 e. The van der Waals surface area contributed by atoms with Crippen LogP contribution in [-0.4, -0.2) is 18.1 Å². The van der Waals surface area contributed by atoms with Gasteiger partial charge in [-0.15, -0.1) is 0 Å². The summed E-state index contributed by atoms with van der Waals surface area (Å²) in [4.78, 5) is 6.80. The second-order valence-electron chi connectivity index (χ2n) is 5.25. The van der Waals surface area contributed by atoms with E-state index in [9.17, 15) is 5.26 Å². The number of nitrogens with zero attached hydrogens (tertiary/aromatic N) is 3. The highest BCUT2D eigenvalue weighted by molar-refractivity contribution is 5.86. The van der Waals surface area contributed by atoms with Gasteiger partial charge >= 0.3 is 0 Å². The fraction of sp³-hybridized carbons (Fsp3) is 0.375. The number of anilines is 1. The number of benzene rings is 1. The highest BCUT2D eigenvalue weighted by Crippen LogP contribution is 2.24. The van der Waals surface area contributed by atoms with Crippen molar-refractivity contribution in [1.82, 2.24) is 4.98 Å². The molecule has 0 saturated heterocycles. The smallest absolute Gasteiger partial charge is 0.130 e. The summed E-state index contributed by atoms with van der Waals surface area (Å²) in [5.74, 6) is 1.39. The van der Waals surface area contributed by atoms with Gasteiger partial charge in [-0.25, -0.2) is 4.98 Å². The second-order valence-corrected chi connectivity index (χ2v) is 5.25. The quantitative estimate of drug-likeness (QED) is 0.839. The Morgan fingerprint density at radius 1 is 1.21 bits per heavy atom. The standard InChI is InChI=1S/C16H19N3/c1-11(2)12(3)19(4)16-9-13(10-17)14-7-5-6-8-15(14)18-16/h5-9,11-12H,1-4H3. The van der Waals surface area contributed by atoms with Crippen molar-refractivity contribution in [2.75, 3.05) is 11.9 Å². The van der Waals surface area contributed by atoms with Crippen molar-refractivity contribution in [2.24, 2.45) is 5.92 Å². The van der Waals surface area contributed by atoms with E-state index in [2.05, 4.69) is 36.7 Å². The molecular weight excluding hydrogens is 234 g/mol. The number of hydrogen-bond donors (Lipinski definition) is 0. The average Bonchev–Trinajstić information content (AvgIpc) is 2.44. The second kappa shape index (κ2) is 5.27. The minimum Gasteiger partial charge on any atom is -0.357 e. The summed E-state index contributed by atoms with van der Waals surface area (Å²) >= 11 is 0. The van der Waals surface area contributed by atoms with Crippen LogP contribution in [0.2, 0.25) is 0 Å². The molecule has 0 N–H and O–H groups in total. The van der Waals surface area contributed by atoms with E-state index < -0.39 is 0 Å². The van der Waals surface area contributed by atoms with Gasteiger partial charge in [0.2, 0.25) is 0 Å². The van der Waals surface area contributed by atoms with E-state index in [0.29, 0.717) is 17.5 Å². The minimum absolute atomic E-state index is 0.375. The molecule has 1 atom stereocenters. The molecular formula is C16H19N3. The lowest BCUT2D eigenvalue weighted by Gasteiger charge is -2.29. The number of fused-ring (bicyclic) bond motifs is 1. The molecule has 0 spiro atoms. The van der Waals surface area contributed by atoms with Crippen LogP contribution >= 0.6 is 0 Å². The van der Waals surface area contributed by atoms with Gasteiger partial charge in [0, 0.05) is 18.5 Å². The molecule has 1 heterocycles. The number of rotatable bonds is 3. The summed E-state index contributed by atoms with van der Waals surface area (Å²) in [6, 6.07) is 12.3. The topological polar surface area (TPSA) is 39.9 Å². The third kappa shape index (κ3) is 2.53. The SMILES string of the molecule is CC(C)C(C)N(C)c1cc(C#N)c2ccccc2n1. The molecule has 19 heavy (non-hydrogen) atoms. The Labute approximate surface area is 114 Å². The normalized spacial score (nSPS) is 12.4. The minimum atomic E-state index is 0.375. The zero-order valence-electron chi connectivity index (χ0n) is 11.9. The van der Waals surface area contributed by atoms with Crippen LogP contribution in [0.3, 0.4) is 0 Å². The van der Waals surface area contributed by atoms with Crippen molar-refractivity contribution in [1.29, 1.82) is 5.26 Å². The summed E-state index contributed by atoms with van der Waals surface area (Å²) in [6.45, 7) is 6.55. The van der Waals surface area contributed by atoms with Crippen molar-refractivity contribution in [3.8, 4) is 6.07 Å². The number of nitriles is 1. The van der Waals surface area contributed by atoms with E-state index in [1.54, 1.807) is 0 Å². The molecule has 1 unspecified atom stereocenters.